The fourth-order valence-corrected chi connectivity index (χ4v) is 2.22. The lowest BCUT2D eigenvalue weighted by molar-refractivity contribution is -0.109. The number of nitrogens with one attached hydrogen (secondary N) is 1. The Morgan fingerprint density at radius 2 is 2.16 bits per heavy atom. The molecule has 0 aromatic heterocycles. The molecule has 0 saturated carbocycles. The van der Waals surface area contributed by atoms with Crippen LogP contribution >= 0.6 is 11.8 Å². The number of hydrazine groups is 2. The maximum Gasteiger partial charge on any atom is 0.221 e. The van der Waals surface area contributed by atoms with Crippen molar-refractivity contribution in [3.05, 3.63) is 23.5 Å². The zero-order valence-corrected chi connectivity index (χ0v) is 11.7. The number of anilines is 1. The van der Waals surface area contributed by atoms with Crippen LogP contribution in [-0.2, 0) is 11.4 Å². The van der Waals surface area contributed by atoms with E-state index in [0.717, 1.165) is 10.6 Å². The lowest BCUT2D eigenvalue weighted by Gasteiger charge is -2.19. The van der Waals surface area contributed by atoms with Gasteiger partial charge in [-0.1, -0.05) is 6.92 Å². The predicted molar refractivity (Wildman–Crippen MR) is 74.7 cm³/mol. The maximum absolute atomic E-state index is 13.5. The van der Waals surface area contributed by atoms with E-state index < -0.39 is 5.82 Å². The van der Waals surface area contributed by atoms with Crippen LogP contribution in [0.3, 0.4) is 0 Å². The number of hydrogen-bond acceptors (Lipinski definition) is 6. The van der Waals surface area contributed by atoms with Crippen molar-refractivity contribution in [3.8, 4) is 0 Å². The molecule has 0 fully saturated rings. The summed E-state index contributed by atoms with van der Waals surface area (Å²) in [7, 11) is 1.55. The highest BCUT2D eigenvalue weighted by Crippen LogP contribution is 2.31. The van der Waals surface area contributed by atoms with Gasteiger partial charge < -0.3 is 10.1 Å². The third-order valence-electron chi connectivity index (χ3n) is 2.07. The Labute approximate surface area is 115 Å². The van der Waals surface area contributed by atoms with Crippen LogP contribution in [0.15, 0.2) is 17.0 Å². The number of rotatable bonds is 5. The van der Waals surface area contributed by atoms with Gasteiger partial charge in [0.15, 0.2) is 0 Å². The summed E-state index contributed by atoms with van der Waals surface area (Å²) in [5.41, 5.74) is 2.56. The number of aliphatic hydroxyl groups is 1. The summed E-state index contributed by atoms with van der Waals surface area (Å²) in [5, 5.41) is 10.4. The second-order valence-electron chi connectivity index (χ2n) is 3.36. The zero-order valence-electron chi connectivity index (χ0n) is 10.9. The number of nitrogens with two attached hydrogens (primary N) is 2. The molecule has 0 atom stereocenters. The molecule has 0 spiro atoms. The smallest absolute Gasteiger partial charge is 0.221 e. The number of thioether (sulfide) groups is 1. The number of carbonyl (C=O) groups excluding carboxylic acids is 1. The Morgan fingerprint density at radius 3 is 2.53 bits per heavy atom. The second kappa shape index (κ2) is 9.56. The Kier molecular flexibility index (Phi) is 8.88. The van der Waals surface area contributed by atoms with E-state index in [4.69, 9.17) is 10.6 Å². The fraction of sp³-hybridized carbons (Fsp3) is 0.364. The van der Waals surface area contributed by atoms with Crippen LogP contribution < -0.4 is 22.1 Å². The number of halogens is 1. The minimum absolute atomic E-state index is 0.211. The van der Waals surface area contributed by atoms with E-state index >= 15 is 0 Å². The Bertz CT molecular complexity index is 405. The lowest BCUT2D eigenvalue weighted by atomic mass is 10.1. The zero-order chi connectivity index (χ0) is 14.8. The molecular weight excluding hydrogens is 271 g/mol. The molecule has 8 heteroatoms. The average molecular weight is 290 g/mol. The van der Waals surface area contributed by atoms with Crippen LogP contribution in [0.25, 0.3) is 0 Å². The van der Waals surface area contributed by atoms with Crippen LogP contribution in [0.5, 0.6) is 0 Å². The normalized spacial score (nSPS) is 9.37. The Morgan fingerprint density at radius 1 is 1.58 bits per heavy atom. The van der Waals surface area contributed by atoms with Crippen molar-refractivity contribution in [3.63, 3.8) is 0 Å². The Balaban J connectivity index is 0.000000711. The van der Waals surface area contributed by atoms with Crippen LogP contribution in [0, 0.1) is 5.82 Å². The van der Waals surface area contributed by atoms with Crippen molar-refractivity contribution in [2.75, 3.05) is 17.8 Å². The van der Waals surface area contributed by atoms with Crippen LogP contribution in [0.4, 0.5) is 10.1 Å². The van der Waals surface area contributed by atoms with Gasteiger partial charge in [0.25, 0.3) is 0 Å². The first-order chi connectivity index (χ1) is 9.03. The van der Waals surface area contributed by atoms with Crippen molar-refractivity contribution in [1.29, 1.82) is 0 Å². The number of carbonyl (C=O) groups is 1. The molecule has 0 aliphatic carbocycles. The van der Waals surface area contributed by atoms with Gasteiger partial charge in [0.1, 0.15) is 5.82 Å². The van der Waals surface area contributed by atoms with E-state index in [-0.39, 0.29) is 12.3 Å². The Hall–Kier alpha value is -1.35. The van der Waals surface area contributed by atoms with Gasteiger partial charge in [0.2, 0.25) is 6.41 Å². The van der Waals surface area contributed by atoms with E-state index in [9.17, 15) is 9.50 Å². The van der Waals surface area contributed by atoms with E-state index in [1.165, 1.54) is 11.1 Å². The first-order valence-corrected chi connectivity index (χ1v) is 6.45. The highest BCUT2D eigenvalue weighted by atomic mass is 32.2. The first kappa shape index (κ1) is 17.6. The summed E-state index contributed by atoms with van der Waals surface area (Å²) in [6.45, 7) is 1.79. The molecule has 0 aliphatic heterocycles. The average Bonchev–Trinajstić information content (AvgIpc) is 2.40. The van der Waals surface area contributed by atoms with Gasteiger partial charge >= 0.3 is 0 Å². The van der Waals surface area contributed by atoms with Crippen LogP contribution in [0.2, 0.25) is 0 Å². The molecule has 6 nitrogen and oxygen atoms in total. The molecule has 6 N–H and O–H groups in total. The largest absolute Gasteiger partial charge is 0.392 e. The number of aliphatic hydroxyl groups excluding tert-OH is 1. The molecule has 1 aromatic rings. The summed E-state index contributed by atoms with van der Waals surface area (Å²) in [6, 6.07) is 3.04. The van der Waals surface area contributed by atoms with E-state index in [1.807, 2.05) is 6.92 Å². The van der Waals surface area contributed by atoms with E-state index in [1.54, 1.807) is 30.3 Å². The topological polar surface area (TPSA) is 105 Å². The van der Waals surface area contributed by atoms with Crippen LogP contribution in [-0.4, -0.2) is 24.3 Å². The monoisotopic (exact) mass is 290 g/mol. The number of benzene rings is 1. The van der Waals surface area contributed by atoms with Crippen molar-refractivity contribution in [2.24, 2.45) is 11.7 Å². The van der Waals surface area contributed by atoms with Crippen molar-refractivity contribution in [2.45, 2.75) is 18.4 Å². The third kappa shape index (κ3) is 5.43. The van der Waals surface area contributed by atoms with Gasteiger partial charge in [-0.15, -0.1) is 11.8 Å². The molecule has 0 saturated heterocycles. The van der Waals surface area contributed by atoms with Crippen molar-refractivity contribution < 1.29 is 14.3 Å². The highest BCUT2D eigenvalue weighted by molar-refractivity contribution is 7.99. The van der Waals surface area contributed by atoms with Gasteiger partial charge in [-0.05, 0) is 17.9 Å². The minimum atomic E-state index is -0.412. The third-order valence-corrected chi connectivity index (χ3v) is 3.05. The number of hydrogen-bond donors (Lipinski definition) is 4. The lowest BCUT2D eigenvalue weighted by Crippen LogP contribution is -2.27. The van der Waals surface area contributed by atoms with Gasteiger partial charge in [-0.25, -0.2) is 16.1 Å². The molecule has 0 aliphatic rings. The summed E-state index contributed by atoms with van der Waals surface area (Å²) >= 11 is 1.56. The molecule has 0 unspecified atom stereocenters. The highest BCUT2D eigenvalue weighted by Gasteiger charge is 2.14. The predicted octanol–water partition coefficient (Wildman–Crippen LogP) is 0.346. The number of nitrogens with zero attached hydrogens (tertiary/aromatic N) is 1. The maximum atomic E-state index is 13.5. The quantitative estimate of drug-likeness (QED) is 0.205. The van der Waals surface area contributed by atoms with Gasteiger partial charge in [0.05, 0.1) is 12.3 Å². The molecule has 108 valence electrons. The second-order valence-corrected chi connectivity index (χ2v) is 4.67. The van der Waals surface area contributed by atoms with E-state index in [2.05, 4.69) is 5.84 Å². The van der Waals surface area contributed by atoms with Gasteiger partial charge in [0, 0.05) is 17.5 Å². The molecule has 1 aromatic carbocycles. The fourth-order valence-electron chi connectivity index (χ4n) is 1.41. The SMILES string of the molecule is CCSc1ccc(F)c(N(C)N)c1CO.NNC=O. The molecule has 0 heterocycles. The number of amides is 1. The van der Waals surface area contributed by atoms with E-state index in [0.29, 0.717) is 12.0 Å². The molecule has 1 rings (SSSR count). The van der Waals surface area contributed by atoms with Crippen molar-refractivity contribution in [1.82, 2.24) is 5.43 Å². The molecule has 1 amide bonds. The summed E-state index contributed by atoms with van der Waals surface area (Å²) in [5.74, 6) is 10.4. The molecule has 0 bridgehead atoms. The minimum Gasteiger partial charge on any atom is -0.392 e. The first-order valence-electron chi connectivity index (χ1n) is 5.46. The van der Waals surface area contributed by atoms with Gasteiger partial charge in [-0.2, -0.15) is 0 Å². The van der Waals surface area contributed by atoms with Crippen LogP contribution in [0.1, 0.15) is 12.5 Å². The van der Waals surface area contributed by atoms with Crippen molar-refractivity contribution >= 4 is 23.9 Å². The summed E-state index contributed by atoms with van der Waals surface area (Å²) < 4.78 is 13.5. The molecule has 19 heavy (non-hydrogen) atoms. The summed E-state index contributed by atoms with van der Waals surface area (Å²) in [6.07, 6.45) is 0.403. The molecular formula is C11H19FN4O2S. The summed E-state index contributed by atoms with van der Waals surface area (Å²) in [4.78, 5) is 9.81. The standard InChI is InChI=1S/C10H15FN2OS.CH4N2O/c1-3-15-9-5-4-8(11)10(13(2)12)7(9)6-14;2-3-1-4/h4-5,14H,3,6,12H2,1-2H3;1H,2H2,(H,3,4). The molecule has 0 radical (unpaired) electrons. The van der Waals surface area contributed by atoms with Gasteiger partial charge in [-0.3, -0.25) is 10.2 Å².